The van der Waals surface area contributed by atoms with Gasteiger partial charge in [-0.25, -0.2) is 0 Å². The van der Waals surface area contributed by atoms with Gasteiger partial charge in [0.25, 0.3) is 0 Å². The zero-order valence-corrected chi connectivity index (χ0v) is 12.3. The van der Waals surface area contributed by atoms with Gasteiger partial charge in [0.2, 0.25) is 0 Å². The summed E-state index contributed by atoms with van der Waals surface area (Å²) in [6.07, 6.45) is 1.21. The minimum absolute atomic E-state index is 0.0138. The summed E-state index contributed by atoms with van der Waals surface area (Å²) in [5.41, 5.74) is 0. The molecule has 0 aromatic rings. The molecule has 0 bridgehead atoms. The first kappa shape index (κ1) is 15.4. The Morgan fingerprint density at radius 1 is 1.17 bits per heavy atom. The van der Waals surface area contributed by atoms with Crippen molar-refractivity contribution in [1.82, 2.24) is 9.80 Å². The van der Waals surface area contributed by atoms with Gasteiger partial charge in [-0.3, -0.25) is 14.6 Å². The molecule has 106 valence electrons. The van der Waals surface area contributed by atoms with Crippen LogP contribution in [-0.4, -0.2) is 61.1 Å². The predicted octanol–water partition coefficient (Wildman–Crippen LogP) is 1.60. The van der Waals surface area contributed by atoms with Crippen molar-refractivity contribution in [2.75, 3.05) is 39.3 Å². The molecule has 4 heteroatoms. The van der Waals surface area contributed by atoms with Gasteiger partial charge < -0.3 is 4.74 Å². The van der Waals surface area contributed by atoms with E-state index >= 15 is 0 Å². The molecule has 0 saturated carbocycles. The molecule has 4 nitrogen and oxygen atoms in total. The van der Waals surface area contributed by atoms with E-state index in [2.05, 4.69) is 23.6 Å². The molecule has 2 unspecified atom stereocenters. The number of ether oxygens (including phenoxy) is 1. The van der Waals surface area contributed by atoms with Crippen molar-refractivity contribution in [3.05, 3.63) is 0 Å². The van der Waals surface area contributed by atoms with E-state index in [0.29, 0.717) is 12.6 Å². The number of rotatable bonds is 6. The van der Waals surface area contributed by atoms with Gasteiger partial charge >= 0.3 is 5.97 Å². The topological polar surface area (TPSA) is 32.8 Å². The normalized spacial score (nSPS) is 21.6. The summed E-state index contributed by atoms with van der Waals surface area (Å²) >= 11 is 0. The summed E-state index contributed by atoms with van der Waals surface area (Å²) < 4.78 is 5.05. The van der Waals surface area contributed by atoms with Gasteiger partial charge in [0, 0.05) is 38.8 Å². The van der Waals surface area contributed by atoms with Crippen LogP contribution in [0.25, 0.3) is 0 Å². The zero-order chi connectivity index (χ0) is 13.5. The highest BCUT2D eigenvalue weighted by atomic mass is 16.5. The summed E-state index contributed by atoms with van der Waals surface area (Å²) in [5, 5.41) is 0. The number of hydrogen-bond donors (Lipinski definition) is 0. The van der Waals surface area contributed by atoms with Crippen LogP contribution in [-0.2, 0) is 9.53 Å². The maximum Gasteiger partial charge on any atom is 0.309 e. The quantitative estimate of drug-likeness (QED) is 0.676. The Hall–Kier alpha value is -0.610. The average molecular weight is 256 g/mol. The fourth-order valence-electron chi connectivity index (χ4n) is 2.39. The minimum atomic E-state index is -0.0677. The SMILES string of the molecule is CCOC(=O)C(C)CN1CCN(C(C)CC)CC1. The Morgan fingerprint density at radius 2 is 1.78 bits per heavy atom. The molecule has 1 aliphatic heterocycles. The Bertz CT molecular complexity index is 250. The zero-order valence-electron chi connectivity index (χ0n) is 12.3. The van der Waals surface area contributed by atoms with Crippen molar-refractivity contribution in [3.8, 4) is 0 Å². The van der Waals surface area contributed by atoms with Crippen LogP contribution in [0.15, 0.2) is 0 Å². The lowest BCUT2D eigenvalue weighted by Gasteiger charge is -2.38. The summed E-state index contributed by atoms with van der Waals surface area (Å²) in [7, 11) is 0. The molecule has 1 aliphatic rings. The first-order chi connectivity index (χ1) is 8.58. The lowest BCUT2D eigenvalue weighted by molar-refractivity contribution is -0.148. The lowest BCUT2D eigenvalue weighted by atomic mass is 10.1. The van der Waals surface area contributed by atoms with E-state index in [-0.39, 0.29) is 11.9 Å². The summed E-state index contributed by atoms with van der Waals surface area (Å²) in [6, 6.07) is 0.676. The van der Waals surface area contributed by atoms with Gasteiger partial charge in [-0.05, 0) is 20.3 Å². The van der Waals surface area contributed by atoms with Gasteiger partial charge in [-0.2, -0.15) is 0 Å². The third kappa shape index (κ3) is 4.58. The molecule has 2 atom stereocenters. The molecule has 0 aromatic carbocycles. The smallest absolute Gasteiger partial charge is 0.309 e. The highest BCUT2D eigenvalue weighted by Crippen LogP contribution is 2.11. The van der Waals surface area contributed by atoms with E-state index < -0.39 is 0 Å². The largest absolute Gasteiger partial charge is 0.466 e. The molecule has 0 aromatic heterocycles. The molecule has 1 rings (SSSR count). The van der Waals surface area contributed by atoms with E-state index in [1.165, 1.54) is 6.42 Å². The number of piperazine rings is 1. The number of hydrogen-bond acceptors (Lipinski definition) is 4. The van der Waals surface area contributed by atoms with E-state index in [9.17, 15) is 4.79 Å². The van der Waals surface area contributed by atoms with E-state index in [1.807, 2.05) is 13.8 Å². The summed E-state index contributed by atoms with van der Waals surface area (Å²) in [4.78, 5) is 16.5. The van der Waals surface area contributed by atoms with Crippen LogP contribution in [0, 0.1) is 5.92 Å². The Balaban J connectivity index is 2.29. The third-order valence-electron chi connectivity index (χ3n) is 3.84. The highest BCUT2D eigenvalue weighted by Gasteiger charge is 2.23. The highest BCUT2D eigenvalue weighted by molar-refractivity contribution is 5.72. The molecule has 0 radical (unpaired) electrons. The van der Waals surface area contributed by atoms with Crippen molar-refractivity contribution >= 4 is 5.97 Å². The lowest BCUT2D eigenvalue weighted by Crippen LogP contribution is -2.50. The fourth-order valence-corrected chi connectivity index (χ4v) is 2.39. The number of esters is 1. The molecule has 1 saturated heterocycles. The van der Waals surface area contributed by atoms with Crippen molar-refractivity contribution < 1.29 is 9.53 Å². The van der Waals surface area contributed by atoms with Crippen LogP contribution in [0.1, 0.15) is 34.1 Å². The second kappa shape index (κ2) is 7.74. The number of nitrogens with zero attached hydrogens (tertiary/aromatic N) is 2. The average Bonchev–Trinajstić information content (AvgIpc) is 2.39. The molecule has 18 heavy (non-hydrogen) atoms. The van der Waals surface area contributed by atoms with Crippen molar-refractivity contribution in [3.63, 3.8) is 0 Å². The van der Waals surface area contributed by atoms with Gasteiger partial charge in [0.05, 0.1) is 12.5 Å². The Labute approximate surface area is 111 Å². The first-order valence-electron chi connectivity index (χ1n) is 7.21. The predicted molar refractivity (Wildman–Crippen MR) is 73.6 cm³/mol. The summed E-state index contributed by atoms with van der Waals surface area (Å²) in [6.45, 7) is 14.0. The Morgan fingerprint density at radius 3 is 2.28 bits per heavy atom. The van der Waals surface area contributed by atoms with Gasteiger partial charge in [0.1, 0.15) is 0 Å². The Kier molecular flexibility index (Phi) is 6.65. The third-order valence-corrected chi connectivity index (χ3v) is 3.84. The standard InChI is InChI=1S/C14H28N2O2/c1-5-13(4)16-9-7-15(8-10-16)11-12(3)14(17)18-6-2/h12-13H,5-11H2,1-4H3. The molecular formula is C14H28N2O2. The van der Waals surface area contributed by atoms with Crippen LogP contribution in [0.5, 0.6) is 0 Å². The van der Waals surface area contributed by atoms with Crippen molar-refractivity contribution in [2.24, 2.45) is 5.92 Å². The summed E-state index contributed by atoms with van der Waals surface area (Å²) in [5.74, 6) is -0.0815. The molecular weight excluding hydrogens is 228 g/mol. The second-order valence-electron chi connectivity index (χ2n) is 5.25. The van der Waals surface area contributed by atoms with Crippen LogP contribution >= 0.6 is 0 Å². The molecule has 0 aliphatic carbocycles. The molecule has 1 fully saturated rings. The van der Waals surface area contributed by atoms with Crippen LogP contribution in [0.4, 0.5) is 0 Å². The molecule has 0 N–H and O–H groups in total. The van der Waals surface area contributed by atoms with Gasteiger partial charge in [0.15, 0.2) is 0 Å². The van der Waals surface area contributed by atoms with E-state index in [1.54, 1.807) is 0 Å². The van der Waals surface area contributed by atoms with E-state index in [0.717, 1.165) is 32.7 Å². The van der Waals surface area contributed by atoms with E-state index in [4.69, 9.17) is 4.74 Å². The van der Waals surface area contributed by atoms with Crippen molar-refractivity contribution in [2.45, 2.75) is 40.2 Å². The van der Waals surface area contributed by atoms with Gasteiger partial charge in [-0.1, -0.05) is 13.8 Å². The number of carbonyl (C=O) groups is 1. The number of carbonyl (C=O) groups excluding carboxylic acids is 1. The fraction of sp³-hybridized carbons (Fsp3) is 0.929. The monoisotopic (exact) mass is 256 g/mol. The van der Waals surface area contributed by atoms with Crippen LogP contribution in [0.2, 0.25) is 0 Å². The van der Waals surface area contributed by atoms with Gasteiger partial charge in [-0.15, -0.1) is 0 Å². The molecule has 1 heterocycles. The van der Waals surface area contributed by atoms with Crippen molar-refractivity contribution in [1.29, 1.82) is 0 Å². The molecule has 0 amide bonds. The maximum atomic E-state index is 11.6. The molecule has 0 spiro atoms. The first-order valence-corrected chi connectivity index (χ1v) is 7.21. The maximum absolute atomic E-state index is 11.6. The van der Waals surface area contributed by atoms with Crippen LogP contribution in [0.3, 0.4) is 0 Å². The second-order valence-corrected chi connectivity index (χ2v) is 5.25. The van der Waals surface area contributed by atoms with Crippen LogP contribution < -0.4 is 0 Å². The minimum Gasteiger partial charge on any atom is -0.466 e.